The van der Waals surface area contributed by atoms with Gasteiger partial charge in [0.2, 0.25) is 0 Å². The van der Waals surface area contributed by atoms with Crippen LogP contribution >= 0.6 is 0 Å². The zero-order valence-corrected chi connectivity index (χ0v) is 11.4. The van der Waals surface area contributed by atoms with Gasteiger partial charge in [0.05, 0.1) is 12.2 Å². The van der Waals surface area contributed by atoms with Crippen molar-refractivity contribution in [2.75, 3.05) is 12.3 Å². The first-order valence-corrected chi connectivity index (χ1v) is 9.22. The highest BCUT2D eigenvalue weighted by molar-refractivity contribution is 6.76. The first kappa shape index (κ1) is 13.7. The number of rotatable bonds is 4. The van der Waals surface area contributed by atoms with E-state index in [2.05, 4.69) is 19.6 Å². The van der Waals surface area contributed by atoms with E-state index in [1.807, 2.05) is 0 Å². The van der Waals surface area contributed by atoms with E-state index in [4.69, 9.17) is 10.5 Å². The Morgan fingerprint density at radius 1 is 1.41 bits per heavy atom. The molecule has 1 aromatic carbocycles. The zero-order valence-electron chi connectivity index (χ0n) is 10.4. The number of carbonyl (C=O) groups is 1. The SMILES string of the molecule is C[Si](C)(C)CCOC(=O)c1ccc(F)cc1N. The first-order chi connectivity index (χ1) is 7.79. The Bertz CT molecular complexity index is 415. The third-order valence-corrected chi connectivity index (χ3v) is 4.02. The molecule has 0 bridgehead atoms. The summed E-state index contributed by atoms with van der Waals surface area (Å²) in [6.07, 6.45) is 0. The highest BCUT2D eigenvalue weighted by Gasteiger charge is 2.16. The summed E-state index contributed by atoms with van der Waals surface area (Å²) in [5.41, 5.74) is 5.89. The third kappa shape index (κ3) is 4.56. The molecule has 1 rings (SSSR count). The van der Waals surface area contributed by atoms with Crippen molar-refractivity contribution in [2.45, 2.75) is 25.7 Å². The van der Waals surface area contributed by atoms with E-state index < -0.39 is 19.9 Å². The molecule has 0 aromatic heterocycles. The van der Waals surface area contributed by atoms with Gasteiger partial charge in [-0.15, -0.1) is 0 Å². The van der Waals surface area contributed by atoms with Crippen molar-refractivity contribution in [3.8, 4) is 0 Å². The molecule has 0 saturated heterocycles. The van der Waals surface area contributed by atoms with Gasteiger partial charge < -0.3 is 10.5 Å². The molecule has 94 valence electrons. The van der Waals surface area contributed by atoms with Gasteiger partial charge in [0.1, 0.15) is 5.82 Å². The molecule has 0 fully saturated rings. The maximum Gasteiger partial charge on any atom is 0.340 e. The zero-order chi connectivity index (χ0) is 13.1. The van der Waals surface area contributed by atoms with E-state index in [1.165, 1.54) is 12.1 Å². The van der Waals surface area contributed by atoms with Crippen LogP contribution in [0.15, 0.2) is 18.2 Å². The molecule has 1 aromatic rings. The van der Waals surface area contributed by atoms with Crippen LogP contribution in [0.3, 0.4) is 0 Å². The van der Waals surface area contributed by atoms with E-state index in [1.54, 1.807) is 0 Å². The number of nitrogens with two attached hydrogens (primary N) is 1. The molecule has 0 spiro atoms. The summed E-state index contributed by atoms with van der Waals surface area (Å²) >= 11 is 0. The Hall–Kier alpha value is -1.36. The van der Waals surface area contributed by atoms with Gasteiger partial charge in [-0.25, -0.2) is 9.18 Å². The number of hydrogen-bond acceptors (Lipinski definition) is 3. The Kier molecular flexibility index (Phi) is 4.28. The van der Waals surface area contributed by atoms with Crippen molar-refractivity contribution in [1.82, 2.24) is 0 Å². The van der Waals surface area contributed by atoms with Crippen LogP contribution in [0, 0.1) is 5.82 Å². The fourth-order valence-electron chi connectivity index (χ4n) is 1.25. The van der Waals surface area contributed by atoms with E-state index in [0.29, 0.717) is 6.61 Å². The topological polar surface area (TPSA) is 52.3 Å². The molecule has 3 nitrogen and oxygen atoms in total. The Labute approximate surface area is 102 Å². The van der Waals surface area contributed by atoms with Crippen molar-refractivity contribution in [3.63, 3.8) is 0 Å². The lowest BCUT2D eigenvalue weighted by atomic mass is 10.2. The fourth-order valence-corrected chi connectivity index (χ4v) is 1.96. The summed E-state index contributed by atoms with van der Waals surface area (Å²) in [6.45, 7) is 7.00. The molecule has 0 radical (unpaired) electrons. The third-order valence-electron chi connectivity index (χ3n) is 2.32. The summed E-state index contributed by atoms with van der Waals surface area (Å²) in [7, 11) is -1.22. The van der Waals surface area contributed by atoms with Gasteiger partial charge in [-0.05, 0) is 24.2 Å². The van der Waals surface area contributed by atoms with E-state index >= 15 is 0 Å². The molecule has 2 N–H and O–H groups in total. The van der Waals surface area contributed by atoms with Crippen LogP contribution in [-0.2, 0) is 4.74 Å². The second kappa shape index (κ2) is 5.31. The normalized spacial score (nSPS) is 11.3. The van der Waals surface area contributed by atoms with Gasteiger partial charge in [-0.1, -0.05) is 19.6 Å². The molecule has 0 atom stereocenters. The lowest BCUT2D eigenvalue weighted by Gasteiger charge is -2.15. The predicted octanol–water partition coefficient (Wildman–Crippen LogP) is 2.90. The lowest BCUT2D eigenvalue weighted by molar-refractivity contribution is 0.0526. The molecule has 0 aliphatic heterocycles. The van der Waals surface area contributed by atoms with Crippen molar-refractivity contribution in [3.05, 3.63) is 29.6 Å². The highest BCUT2D eigenvalue weighted by Crippen LogP contribution is 2.15. The van der Waals surface area contributed by atoms with Crippen LogP contribution in [-0.4, -0.2) is 20.7 Å². The van der Waals surface area contributed by atoms with Crippen LogP contribution in [0.1, 0.15) is 10.4 Å². The summed E-state index contributed by atoms with van der Waals surface area (Å²) < 4.78 is 17.9. The minimum Gasteiger partial charge on any atom is -0.462 e. The van der Waals surface area contributed by atoms with Crippen molar-refractivity contribution >= 4 is 19.7 Å². The summed E-state index contributed by atoms with van der Waals surface area (Å²) in [4.78, 5) is 11.7. The van der Waals surface area contributed by atoms with Gasteiger partial charge in [0.25, 0.3) is 0 Å². The molecular formula is C12H18FNO2Si. The molecule has 0 heterocycles. The Balaban J connectivity index is 2.59. The van der Waals surface area contributed by atoms with E-state index in [9.17, 15) is 9.18 Å². The van der Waals surface area contributed by atoms with Crippen LogP contribution in [0.4, 0.5) is 10.1 Å². The quantitative estimate of drug-likeness (QED) is 0.511. The van der Waals surface area contributed by atoms with Crippen molar-refractivity contribution < 1.29 is 13.9 Å². The second-order valence-electron chi connectivity index (χ2n) is 5.18. The van der Waals surface area contributed by atoms with Crippen LogP contribution in [0.2, 0.25) is 25.7 Å². The number of nitrogen functional groups attached to an aromatic ring is 1. The average Bonchev–Trinajstić information content (AvgIpc) is 2.15. The molecule has 0 aliphatic rings. The minimum absolute atomic E-state index is 0.114. The van der Waals surface area contributed by atoms with Gasteiger partial charge in [-0.3, -0.25) is 0 Å². The highest BCUT2D eigenvalue weighted by atomic mass is 28.3. The largest absolute Gasteiger partial charge is 0.462 e. The lowest BCUT2D eigenvalue weighted by Crippen LogP contribution is -2.23. The second-order valence-corrected chi connectivity index (χ2v) is 10.8. The molecule has 0 saturated carbocycles. The van der Waals surface area contributed by atoms with Crippen LogP contribution < -0.4 is 5.73 Å². The summed E-state index contributed by atoms with van der Waals surface area (Å²) in [5, 5.41) is 0. The fraction of sp³-hybridized carbons (Fsp3) is 0.417. The van der Waals surface area contributed by atoms with Gasteiger partial charge in [-0.2, -0.15) is 0 Å². The van der Waals surface area contributed by atoms with Gasteiger partial charge >= 0.3 is 5.97 Å². The van der Waals surface area contributed by atoms with Crippen molar-refractivity contribution in [1.29, 1.82) is 0 Å². The van der Waals surface area contributed by atoms with Crippen molar-refractivity contribution in [2.24, 2.45) is 0 Å². The van der Waals surface area contributed by atoms with Gasteiger partial charge in [0.15, 0.2) is 0 Å². The van der Waals surface area contributed by atoms with E-state index in [0.717, 1.165) is 12.1 Å². The number of esters is 1. The number of carbonyl (C=O) groups excluding carboxylic acids is 1. The Morgan fingerprint density at radius 3 is 2.59 bits per heavy atom. The standard InChI is InChI=1S/C12H18FNO2Si/c1-17(2,3)7-6-16-12(15)10-5-4-9(13)8-11(10)14/h4-5,8H,6-7,14H2,1-3H3. The first-order valence-electron chi connectivity index (χ1n) is 5.52. The molecular weight excluding hydrogens is 237 g/mol. The predicted molar refractivity (Wildman–Crippen MR) is 69.2 cm³/mol. The maximum absolute atomic E-state index is 12.8. The Morgan fingerprint density at radius 2 is 2.06 bits per heavy atom. The monoisotopic (exact) mass is 255 g/mol. The molecule has 17 heavy (non-hydrogen) atoms. The number of benzene rings is 1. The number of anilines is 1. The molecule has 0 unspecified atom stereocenters. The number of halogens is 1. The molecule has 0 amide bonds. The average molecular weight is 255 g/mol. The molecule has 5 heteroatoms. The molecule has 0 aliphatic carbocycles. The van der Waals surface area contributed by atoms with Gasteiger partial charge in [0, 0.05) is 13.8 Å². The number of hydrogen-bond donors (Lipinski definition) is 1. The minimum atomic E-state index is -1.22. The summed E-state index contributed by atoms with van der Waals surface area (Å²) in [5.74, 6) is -0.943. The summed E-state index contributed by atoms with van der Waals surface area (Å²) in [6, 6.07) is 4.57. The van der Waals surface area contributed by atoms with Crippen LogP contribution in [0.5, 0.6) is 0 Å². The smallest absolute Gasteiger partial charge is 0.340 e. The maximum atomic E-state index is 12.8. The van der Waals surface area contributed by atoms with Crippen LogP contribution in [0.25, 0.3) is 0 Å². The number of ether oxygens (including phenoxy) is 1. The van der Waals surface area contributed by atoms with E-state index in [-0.39, 0.29) is 11.3 Å².